The number of halogens is 1. The first-order valence-corrected chi connectivity index (χ1v) is 6.12. The third kappa shape index (κ3) is 5.56. The van der Waals surface area contributed by atoms with Crippen LogP contribution in [-0.2, 0) is 0 Å². The Morgan fingerprint density at radius 2 is 2.06 bits per heavy atom. The van der Waals surface area contributed by atoms with Crippen LogP contribution in [0.2, 0.25) is 5.02 Å². The summed E-state index contributed by atoms with van der Waals surface area (Å²) in [5.41, 5.74) is 0.623. The molecule has 0 aliphatic rings. The lowest BCUT2D eigenvalue weighted by Crippen LogP contribution is -2.31. The molecule has 2 amide bonds. The molecule has 0 saturated carbocycles. The summed E-state index contributed by atoms with van der Waals surface area (Å²) in [5, 5.41) is 9.19. The predicted molar refractivity (Wildman–Crippen MR) is 71.6 cm³/mol. The average Bonchev–Trinajstić information content (AvgIpc) is 2.32. The minimum absolute atomic E-state index is 0.227. The molecule has 0 bridgehead atoms. The summed E-state index contributed by atoms with van der Waals surface area (Å²) in [7, 11) is 0. The zero-order valence-corrected chi connectivity index (χ0v) is 10.7. The summed E-state index contributed by atoms with van der Waals surface area (Å²) in [6.07, 6.45) is 0.907. The van der Waals surface area contributed by atoms with Crippen LogP contribution in [0, 0.1) is 0 Å². The molecule has 0 aliphatic heterocycles. The van der Waals surface area contributed by atoms with Gasteiger partial charge < -0.3 is 16.0 Å². The van der Waals surface area contributed by atoms with Crippen LogP contribution in [0.5, 0.6) is 0 Å². The molecule has 0 unspecified atom stereocenters. The van der Waals surface area contributed by atoms with Crippen molar-refractivity contribution in [1.29, 1.82) is 0 Å². The zero-order valence-electron chi connectivity index (χ0n) is 9.92. The molecule has 4 nitrogen and oxygen atoms in total. The minimum Gasteiger partial charge on any atom is -0.338 e. The summed E-state index contributed by atoms with van der Waals surface area (Å²) >= 11 is 5.92. The Morgan fingerprint density at radius 1 is 1.29 bits per heavy atom. The number of hydrogen-bond acceptors (Lipinski definition) is 2. The Bertz CT molecular complexity index is 357. The number of carbonyl (C=O) groups excluding carboxylic acids is 1. The van der Waals surface area contributed by atoms with Gasteiger partial charge in [-0.15, -0.1) is 0 Å². The van der Waals surface area contributed by atoms with Crippen molar-refractivity contribution in [3.63, 3.8) is 0 Å². The van der Waals surface area contributed by atoms with E-state index in [0.717, 1.165) is 19.5 Å². The SMILES string of the molecule is CCNCCCNC(=O)Nc1ccccc1Cl. The summed E-state index contributed by atoms with van der Waals surface area (Å²) in [4.78, 5) is 11.5. The van der Waals surface area contributed by atoms with Gasteiger partial charge in [0.05, 0.1) is 10.7 Å². The van der Waals surface area contributed by atoms with Gasteiger partial charge in [-0.3, -0.25) is 0 Å². The molecule has 0 radical (unpaired) electrons. The van der Waals surface area contributed by atoms with E-state index in [9.17, 15) is 4.79 Å². The monoisotopic (exact) mass is 255 g/mol. The van der Waals surface area contributed by atoms with Crippen molar-refractivity contribution < 1.29 is 4.79 Å². The van der Waals surface area contributed by atoms with Gasteiger partial charge in [-0.25, -0.2) is 4.79 Å². The van der Waals surface area contributed by atoms with Crippen molar-refractivity contribution in [1.82, 2.24) is 10.6 Å². The second-order valence-electron chi connectivity index (χ2n) is 3.57. The van der Waals surface area contributed by atoms with E-state index in [-0.39, 0.29) is 6.03 Å². The maximum atomic E-state index is 11.5. The highest BCUT2D eigenvalue weighted by Gasteiger charge is 2.03. The van der Waals surface area contributed by atoms with Crippen molar-refractivity contribution >= 4 is 23.3 Å². The minimum atomic E-state index is -0.227. The molecule has 1 aromatic rings. The lowest BCUT2D eigenvalue weighted by molar-refractivity contribution is 0.252. The van der Waals surface area contributed by atoms with E-state index in [1.807, 2.05) is 12.1 Å². The lowest BCUT2D eigenvalue weighted by Gasteiger charge is -2.08. The molecule has 1 aromatic carbocycles. The Labute approximate surface area is 107 Å². The second-order valence-corrected chi connectivity index (χ2v) is 3.98. The molecule has 1 rings (SSSR count). The van der Waals surface area contributed by atoms with Crippen LogP contribution in [0.15, 0.2) is 24.3 Å². The van der Waals surface area contributed by atoms with Crippen LogP contribution in [0.4, 0.5) is 10.5 Å². The molecule has 0 heterocycles. The van der Waals surface area contributed by atoms with E-state index in [1.54, 1.807) is 12.1 Å². The highest BCUT2D eigenvalue weighted by atomic mass is 35.5. The zero-order chi connectivity index (χ0) is 12.5. The van der Waals surface area contributed by atoms with Gasteiger partial charge in [0.15, 0.2) is 0 Å². The highest BCUT2D eigenvalue weighted by molar-refractivity contribution is 6.33. The lowest BCUT2D eigenvalue weighted by atomic mass is 10.3. The largest absolute Gasteiger partial charge is 0.338 e. The van der Waals surface area contributed by atoms with Crippen molar-refractivity contribution in [3.05, 3.63) is 29.3 Å². The number of anilines is 1. The van der Waals surface area contributed by atoms with Crippen LogP contribution < -0.4 is 16.0 Å². The summed E-state index contributed by atoms with van der Waals surface area (Å²) in [6.45, 7) is 4.55. The smallest absolute Gasteiger partial charge is 0.319 e. The van der Waals surface area contributed by atoms with Gasteiger partial charge in [-0.05, 0) is 31.6 Å². The van der Waals surface area contributed by atoms with E-state index in [2.05, 4.69) is 22.9 Å². The molecule has 0 atom stereocenters. The van der Waals surface area contributed by atoms with Crippen molar-refractivity contribution in [3.8, 4) is 0 Å². The number of nitrogens with one attached hydrogen (secondary N) is 3. The van der Waals surface area contributed by atoms with Crippen LogP contribution in [0.25, 0.3) is 0 Å². The average molecular weight is 256 g/mol. The van der Waals surface area contributed by atoms with E-state index < -0.39 is 0 Å². The fourth-order valence-corrected chi connectivity index (χ4v) is 1.50. The number of benzene rings is 1. The van der Waals surface area contributed by atoms with Crippen LogP contribution >= 0.6 is 11.6 Å². The molecule has 0 saturated heterocycles. The fourth-order valence-electron chi connectivity index (χ4n) is 1.32. The summed E-state index contributed by atoms with van der Waals surface area (Å²) < 4.78 is 0. The molecule has 0 aliphatic carbocycles. The third-order valence-electron chi connectivity index (χ3n) is 2.19. The van der Waals surface area contributed by atoms with E-state index in [0.29, 0.717) is 17.3 Å². The Balaban J connectivity index is 2.23. The van der Waals surface area contributed by atoms with Crippen LogP contribution in [-0.4, -0.2) is 25.7 Å². The van der Waals surface area contributed by atoms with Crippen molar-refractivity contribution in [2.45, 2.75) is 13.3 Å². The second kappa shape index (κ2) is 7.92. The van der Waals surface area contributed by atoms with Crippen LogP contribution in [0.1, 0.15) is 13.3 Å². The van der Waals surface area contributed by atoms with E-state index in [4.69, 9.17) is 11.6 Å². The normalized spacial score (nSPS) is 10.0. The molecule has 0 fully saturated rings. The van der Waals surface area contributed by atoms with Crippen LogP contribution in [0.3, 0.4) is 0 Å². The quantitative estimate of drug-likeness (QED) is 0.684. The predicted octanol–water partition coefficient (Wildman–Crippen LogP) is 2.46. The maximum Gasteiger partial charge on any atom is 0.319 e. The van der Waals surface area contributed by atoms with Crippen molar-refractivity contribution in [2.24, 2.45) is 0 Å². The number of hydrogen-bond donors (Lipinski definition) is 3. The molecule has 0 spiro atoms. The third-order valence-corrected chi connectivity index (χ3v) is 2.52. The Kier molecular flexibility index (Phi) is 6.43. The molecular weight excluding hydrogens is 238 g/mol. The van der Waals surface area contributed by atoms with Gasteiger partial charge in [0.2, 0.25) is 0 Å². The van der Waals surface area contributed by atoms with Gasteiger partial charge in [0, 0.05) is 6.54 Å². The summed E-state index contributed by atoms with van der Waals surface area (Å²) in [5.74, 6) is 0. The summed E-state index contributed by atoms with van der Waals surface area (Å²) in [6, 6.07) is 6.92. The van der Waals surface area contributed by atoms with Gasteiger partial charge in [0.25, 0.3) is 0 Å². The van der Waals surface area contributed by atoms with Gasteiger partial charge >= 0.3 is 6.03 Å². The number of rotatable bonds is 6. The van der Waals surface area contributed by atoms with E-state index in [1.165, 1.54) is 0 Å². The fraction of sp³-hybridized carbons (Fsp3) is 0.417. The molecule has 3 N–H and O–H groups in total. The standard InChI is InChI=1S/C12H18ClN3O/c1-2-14-8-5-9-15-12(17)16-11-7-4-3-6-10(11)13/h3-4,6-7,14H,2,5,8-9H2,1H3,(H2,15,16,17). The highest BCUT2D eigenvalue weighted by Crippen LogP contribution is 2.19. The maximum absolute atomic E-state index is 11.5. The molecule has 0 aromatic heterocycles. The first-order chi connectivity index (χ1) is 8.24. The number of carbonyl (C=O) groups is 1. The molecule has 5 heteroatoms. The molecule has 17 heavy (non-hydrogen) atoms. The van der Waals surface area contributed by atoms with E-state index >= 15 is 0 Å². The van der Waals surface area contributed by atoms with Gasteiger partial charge in [-0.1, -0.05) is 30.7 Å². The van der Waals surface area contributed by atoms with Crippen molar-refractivity contribution in [2.75, 3.05) is 25.0 Å². The molecular formula is C12H18ClN3O. The molecule has 94 valence electrons. The topological polar surface area (TPSA) is 53.2 Å². The first kappa shape index (κ1) is 13.8. The van der Waals surface area contributed by atoms with Gasteiger partial charge in [-0.2, -0.15) is 0 Å². The van der Waals surface area contributed by atoms with Gasteiger partial charge in [0.1, 0.15) is 0 Å². The number of urea groups is 1. The number of para-hydroxylation sites is 1. The Morgan fingerprint density at radius 3 is 2.76 bits per heavy atom. The first-order valence-electron chi connectivity index (χ1n) is 5.74. The number of amides is 2. The Hall–Kier alpha value is -1.26.